The normalized spacial score (nSPS) is 10.7. The Morgan fingerprint density at radius 2 is 1.75 bits per heavy atom. The van der Waals surface area contributed by atoms with Gasteiger partial charge in [-0.15, -0.1) is 0 Å². The minimum atomic E-state index is -0.497. The molecule has 0 radical (unpaired) electrons. The van der Waals surface area contributed by atoms with Gasteiger partial charge in [-0.3, -0.25) is 9.59 Å². The van der Waals surface area contributed by atoms with E-state index in [1.807, 2.05) is 0 Å². The highest BCUT2D eigenvalue weighted by Gasteiger charge is 2.15. The molecule has 0 spiro atoms. The number of hydrogen-bond acceptors (Lipinski definition) is 3. The van der Waals surface area contributed by atoms with Crippen molar-refractivity contribution in [3.05, 3.63) is 75.2 Å². The van der Waals surface area contributed by atoms with Crippen LogP contribution in [0.1, 0.15) is 16.1 Å². The van der Waals surface area contributed by atoms with Gasteiger partial charge in [0.1, 0.15) is 0 Å². The minimum Gasteiger partial charge on any atom is -0.319 e. The smallest absolute Gasteiger partial charge is 0.278 e. The predicted molar refractivity (Wildman–Crippen MR) is 77.2 cm³/mol. The fraction of sp³-hybridized carbons (Fsp3) is 0. The number of nitrogens with one attached hydrogen (secondary N) is 1. The molecule has 1 aromatic heterocycles. The lowest BCUT2D eigenvalue weighted by Crippen LogP contribution is -2.20. The third-order valence-corrected chi connectivity index (χ3v) is 3.17. The number of halogens is 1. The summed E-state index contributed by atoms with van der Waals surface area (Å²) in [6, 6.07) is 13.4. The van der Waals surface area contributed by atoms with Gasteiger partial charge in [-0.05, 0) is 36.4 Å². The fourth-order valence-electron chi connectivity index (χ4n) is 1.92. The van der Waals surface area contributed by atoms with E-state index in [9.17, 15) is 9.59 Å². The van der Waals surface area contributed by atoms with Crippen LogP contribution in [-0.2, 0) is 0 Å². The zero-order valence-corrected chi connectivity index (χ0v) is 11.0. The number of H-pyrrole nitrogens is 1. The third-order valence-electron chi connectivity index (χ3n) is 2.92. The van der Waals surface area contributed by atoms with Crippen molar-refractivity contribution in [3.8, 4) is 0 Å². The molecule has 0 aliphatic carbocycles. The first-order valence-electron chi connectivity index (χ1n) is 5.94. The Morgan fingerprint density at radius 1 is 1.05 bits per heavy atom. The van der Waals surface area contributed by atoms with Crippen LogP contribution in [0.4, 0.5) is 0 Å². The van der Waals surface area contributed by atoms with Crippen molar-refractivity contribution in [2.75, 3.05) is 0 Å². The summed E-state index contributed by atoms with van der Waals surface area (Å²) in [6.07, 6.45) is 0. The molecule has 0 aliphatic rings. The van der Waals surface area contributed by atoms with Crippen LogP contribution >= 0.6 is 11.6 Å². The Balaban J connectivity index is 2.14. The molecule has 98 valence electrons. The molecule has 1 N–H and O–H groups in total. The van der Waals surface area contributed by atoms with E-state index in [1.165, 1.54) is 0 Å². The Morgan fingerprint density at radius 3 is 2.50 bits per heavy atom. The van der Waals surface area contributed by atoms with Crippen molar-refractivity contribution in [1.29, 1.82) is 0 Å². The van der Waals surface area contributed by atoms with Gasteiger partial charge in [-0.2, -0.15) is 0 Å². The van der Waals surface area contributed by atoms with Gasteiger partial charge in [0.2, 0.25) is 5.78 Å². The predicted octanol–water partition coefficient (Wildman–Crippen LogP) is 2.81. The quantitative estimate of drug-likeness (QED) is 0.736. The van der Waals surface area contributed by atoms with Crippen LogP contribution < -0.4 is 5.56 Å². The first kappa shape index (κ1) is 12.6. The highest BCUT2D eigenvalue weighted by molar-refractivity contribution is 6.30. The molecule has 0 aliphatic heterocycles. The molecule has 4 nitrogen and oxygen atoms in total. The molecule has 0 saturated carbocycles. The Kier molecular flexibility index (Phi) is 3.08. The van der Waals surface area contributed by atoms with Crippen LogP contribution in [0, 0.1) is 0 Å². The average Bonchev–Trinajstić information content (AvgIpc) is 2.46. The summed E-state index contributed by atoms with van der Waals surface area (Å²) in [6.45, 7) is 0. The molecule has 2 aromatic carbocycles. The zero-order chi connectivity index (χ0) is 14.1. The van der Waals surface area contributed by atoms with Gasteiger partial charge in [0.05, 0.1) is 11.0 Å². The molecule has 1 heterocycles. The van der Waals surface area contributed by atoms with E-state index in [0.29, 0.717) is 21.6 Å². The molecule has 0 atom stereocenters. The fourth-order valence-corrected chi connectivity index (χ4v) is 2.05. The van der Waals surface area contributed by atoms with E-state index in [2.05, 4.69) is 9.97 Å². The van der Waals surface area contributed by atoms with E-state index in [-0.39, 0.29) is 5.69 Å². The van der Waals surface area contributed by atoms with Gasteiger partial charge in [0, 0.05) is 10.6 Å². The van der Waals surface area contributed by atoms with Crippen molar-refractivity contribution in [2.45, 2.75) is 0 Å². The van der Waals surface area contributed by atoms with E-state index in [0.717, 1.165) is 0 Å². The lowest BCUT2D eigenvalue weighted by atomic mass is 10.1. The SMILES string of the molecule is O=C(c1ccc(Cl)cc1)c1nc2ccccc2[nH]c1=O. The molecule has 5 heteroatoms. The van der Waals surface area contributed by atoms with Crippen molar-refractivity contribution < 1.29 is 4.79 Å². The van der Waals surface area contributed by atoms with E-state index in [4.69, 9.17) is 11.6 Å². The van der Waals surface area contributed by atoms with Gasteiger partial charge in [-0.1, -0.05) is 23.7 Å². The molecule has 0 unspecified atom stereocenters. The first-order valence-corrected chi connectivity index (χ1v) is 6.32. The van der Waals surface area contributed by atoms with E-state index < -0.39 is 11.3 Å². The second kappa shape index (κ2) is 4.90. The number of nitrogens with zero attached hydrogens (tertiary/aromatic N) is 1. The highest BCUT2D eigenvalue weighted by atomic mass is 35.5. The maximum absolute atomic E-state index is 12.3. The molecule has 0 amide bonds. The van der Waals surface area contributed by atoms with Crippen LogP contribution in [0.25, 0.3) is 11.0 Å². The molecule has 3 rings (SSSR count). The third kappa shape index (κ3) is 2.21. The van der Waals surface area contributed by atoms with E-state index >= 15 is 0 Å². The lowest BCUT2D eigenvalue weighted by molar-refractivity contribution is 0.103. The van der Waals surface area contributed by atoms with Crippen molar-refractivity contribution >= 4 is 28.4 Å². The van der Waals surface area contributed by atoms with Crippen molar-refractivity contribution in [3.63, 3.8) is 0 Å². The zero-order valence-electron chi connectivity index (χ0n) is 10.3. The summed E-state index contributed by atoms with van der Waals surface area (Å²) < 4.78 is 0. The second-order valence-corrected chi connectivity index (χ2v) is 4.70. The summed E-state index contributed by atoms with van der Waals surface area (Å²) in [4.78, 5) is 31.0. The van der Waals surface area contributed by atoms with Crippen LogP contribution in [0.15, 0.2) is 53.3 Å². The van der Waals surface area contributed by atoms with Gasteiger partial charge < -0.3 is 4.98 Å². The molecule has 0 saturated heterocycles. The van der Waals surface area contributed by atoms with Gasteiger partial charge in [0.15, 0.2) is 5.69 Å². The largest absolute Gasteiger partial charge is 0.319 e. The number of aromatic amines is 1. The number of aromatic nitrogens is 2. The summed E-state index contributed by atoms with van der Waals surface area (Å²) in [5.41, 5.74) is 0.937. The van der Waals surface area contributed by atoms with Gasteiger partial charge in [-0.25, -0.2) is 4.98 Å². The molecule has 3 aromatic rings. The number of carbonyl (C=O) groups is 1. The average molecular weight is 285 g/mol. The highest BCUT2D eigenvalue weighted by Crippen LogP contribution is 2.13. The number of rotatable bonds is 2. The van der Waals surface area contributed by atoms with Gasteiger partial charge >= 0.3 is 0 Å². The number of ketones is 1. The minimum absolute atomic E-state index is 0.119. The Hall–Kier alpha value is -2.46. The Bertz CT molecular complexity index is 854. The summed E-state index contributed by atoms with van der Waals surface area (Å²) in [5, 5.41) is 0.530. The number of fused-ring (bicyclic) bond motifs is 1. The molecular weight excluding hydrogens is 276 g/mol. The van der Waals surface area contributed by atoms with Crippen LogP contribution in [0.2, 0.25) is 5.02 Å². The van der Waals surface area contributed by atoms with E-state index in [1.54, 1.807) is 48.5 Å². The number of carbonyl (C=O) groups excluding carboxylic acids is 1. The molecular formula is C15H9ClN2O2. The van der Waals surface area contributed by atoms with Crippen LogP contribution in [-0.4, -0.2) is 15.8 Å². The standard InChI is InChI=1S/C15H9ClN2O2/c16-10-7-5-9(6-8-10)14(19)13-15(20)18-12-4-2-1-3-11(12)17-13/h1-8H,(H,18,20). The van der Waals surface area contributed by atoms with Gasteiger partial charge in [0.25, 0.3) is 5.56 Å². The molecule has 20 heavy (non-hydrogen) atoms. The summed E-state index contributed by atoms with van der Waals surface area (Å²) in [5.74, 6) is -0.423. The molecule has 0 fully saturated rings. The van der Waals surface area contributed by atoms with Crippen LogP contribution in [0.3, 0.4) is 0 Å². The summed E-state index contributed by atoms with van der Waals surface area (Å²) >= 11 is 5.78. The number of para-hydroxylation sites is 2. The maximum Gasteiger partial charge on any atom is 0.278 e. The number of hydrogen-bond donors (Lipinski definition) is 1. The van der Waals surface area contributed by atoms with Crippen molar-refractivity contribution in [2.24, 2.45) is 0 Å². The maximum atomic E-state index is 12.3. The Labute approximate surface area is 119 Å². The summed E-state index contributed by atoms with van der Waals surface area (Å²) in [7, 11) is 0. The lowest BCUT2D eigenvalue weighted by Gasteiger charge is -2.02. The first-order chi connectivity index (χ1) is 9.65. The molecule has 0 bridgehead atoms. The van der Waals surface area contributed by atoms with Crippen LogP contribution in [0.5, 0.6) is 0 Å². The topological polar surface area (TPSA) is 62.8 Å². The van der Waals surface area contributed by atoms with Crippen molar-refractivity contribution in [1.82, 2.24) is 9.97 Å². The second-order valence-electron chi connectivity index (χ2n) is 4.27. The number of benzene rings is 2. The monoisotopic (exact) mass is 284 g/mol.